The molecule has 0 unspecified atom stereocenters. The first kappa shape index (κ1) is 17.5. The Bertz CT molecular complexity index is 713. The van der Waals surface area contributed by atoms with E-state index in [9.17, 15) is 0 Å². The van der Waals surface area contributed by atoms with Gasteiger partial charge in [-0.2, -0.15) is 0 Å². The number of rotatable bonds is 4. The number of thiocarbonyl (C=S) groups is 1. The van der Waals surface area contributed by atoms with E-state index in [4.69, 9.17) is 21.7 Å². The molecule has 0 amide bonds. The molecule has 132 valence electrons. The first-order chi connectivity index (χ1) is 12.2. The third-order valence-corrected chi connectivity index (χ3v) is 4.67. The van der Waals surface area contributed by atoms with Gasteiger partial charge in [0.2, 0.25) is 5.88 Å². The van der Waals surface area contributed by atoms with E-state index in [1.165, 1.54) is 5.56 Å². The van der Waals surface area contributed by atoms with Crippen LogP contribution in [0.5, 0.6) is 11.6 Å². The number of pyridine rings is 1. The lowest BCUT2D eigenvalue weighted by Crippen LogP contribution is -2.43. The second-order valence-corrected chi connectivity index (χ2v) is 6.48. The Labute approximate surface area is 154 Å². The van der Waals surface area contributed by atoms with Crippen LogP contribution in [0, 0.1) is 6.92 Å². The molecule has 1 aromatic carbocycles. The van der Waals surface area contributed by atoms with Crippen LogP contribution in [-0.4, -0.2) is 41.3 Å². The zero-order valence-corrected chi connectivity index (χ0v) is 15.4. The molecule has 0 atom stereocenters. The van der Waals surface area contributed by atoms with Crippen molar-refractivity contribution in [3.05, 3.63) is 48.2 Å². The number of methoxy groups -OCH3 is 1. The number of nitrogens with one attached hydrogen (secondary N) is 1. The van der Waals surface area contributed by atoms with E-state index in [0.717, 1.165) is 42.5 Å². The van der Waals surface area contributed by atoms with E-state index in [0.29, 0.717) is 5.88 Å². The smallest absolute Gasteiger partial charge is 0.213 e. The van der Waals surface area contributed by atoms with Crippen molar-refractivity contribution in [1.82, 2.24) is 9.88 Å². The Kier molecular flexibility index (Phi) is 5.71. The molecule has 0 spiro atoms. The van der Waals surface area contributed by atoms with Crippen LogP contribution >= 0.6 is 12.2 Å². The average Bonchev–Trinajstić information content (AvgIpc) is 2.65. The number of hydrogen-bond donors (Lipinski definition) is 1. The quantitative estimate of drug-likeness (QED) is 0.843. The fraction of sp³-hybridized carbons (Fsp3) is 0.368. The number of anilines is 1. The van der Waals surface area contributed by atoms with Gasteiger partial charge in [-0.25, -0.2) is 4.98 Å². The van der Waals surface area contributed by atoms with Crippen molar-refractivity contribution >= 4 is 23.0 Å². The van der Waals surface area contributed by atoms with Gasteiger partial charge in [0.1, 0.15) is 11.9 Å². The standard InChI is InChI=1S/C19H23N3O2S/c1-14-5-3-4-6-17(14)24-16-9-11-22(12-10-16)19(25)21-15-7-8-18(23-2)20-13-15/h3-8,13,16H,9-12H2,1-2H3,(H,21,25). The molecule has 1 aliphatic rings. The SMILES string of the molecule is COc1ccc(NC(=S)N2CCC(Oc3ccccc3C)CC2)cn1. The summed E-state index contributed by atoms with van der Waals surface area (Å²) in [6.45, 7) is 3.84. The van der Waals surface area contributed by atoms with Gasteiger partial charge in [-0.1, -0.05) is 18.2 Å². The third-order valence-electron chi connectivity index (χ3n) is 4.31. The van der Waals surface area contributed by atoms with Crippen molar-refractivity contribution < 1.29 is 9.47 Å². The van der Waals surface area contributed by atoms with Crippen molar-refractivity contribution in [2.75, 3.05) is 25.5 Å². The fourth-order valence-corrected chi connectivity index (χ4v) is 3.12. The number of aromatic nitrogens is 1. The maximum Gasteiger partial charge on any atom is 0.213 e. The van der Waals surface area contributed by atoms with Crippen LogP contribution in [0.2, 0.25) is 0 Å². The first-order valence-corrected chi connectivity index (χ1v) is 8.85. The monoisotopic (exact) mass is 357 g/mol. The molecule has 0 bridgehead atoms. The van der Waals surface area contributed by atoms with Crippen molar-refractivity contribution in [2.45, 2.75) is 25.9 Å². The second kappa shape index (κ2) is 8.16. The summed E-state index contributed by atoms with van der Waals surface area (Å²) in [5, 5.41) is 3.96. The maximum absolute atomic E-state index is 6.14. The maximum atomic E-state index is 6.14. The van der Waals surface area contributed by atoms with Gasteiger partial charge in [-0.3, -0.25) is 0 Å². The predicted molar refractivity (Wildman–Crippen MR) is 103 cm³/mol. The van der Waals surface area contributed by atoms with Crippen LogP contribution in [0.25, 0.3) is 0 Å². The Hall–Kier alpha value is -2.34. The number of nitrogens with zero attached hydrogens (tertiary/aromatic N) is 2. The minimum atomic E-state index is 0.239. The van der Waals surface area contributed by atoms with Crippen molar-refractivity contribution in [3.63, 3.8) is 0 Å². The minimum absolute atomic E-state index is 0.239. The first-order valence-electron chi connectivity index (χ1n) is 8.44. The second-order valence-electron chi connectivity index (χ2n) is 6.09. The molecule has 0 aliphatic carbocycles. The van der Waals surface area contributed by atoms with Crippen LogP contribution in [0.4, 0.5) is 5.69 Å². The van der Waals surface area contributed by atoms with E-state index in [1.54, 1.807) is 13.3 Å². The Morgan fingerprint density at radius 2 is 1.96 bits per heavy atom. The molecule has 0 saturated carbocycles. The van der Waals surface area contributed by atoms with Gasteiger partial charge in [-0.05, 0) is 36.8 Å². The van der Waals surface area contributed by atoms with Crippen LogP contribution in [0.15, 0.2) is 42.6 Å². The van der Waals surface area contributed by atoms with Gasteiger partial charge < -0.3 is 19.7 Å². The van der Waals surface area contributed by atoms with Crippen molar-refractivity contribution in [3.8, 4) is 11.6 Å². The fourth-order valence-electron chi connectivity index (χ4n) is 2.82. The zero-order chi connectivity index (χ0) is 17.6. The zero-order valence-electron chi connectivity index (χ0n) is 14.6. The molecule has 2 heterocycles. The number of ether oxygens (including phenoxy) is 2. The van der Waals surface area contributed by atoms with Crippen molar-refractivity contribution in [1.29, 1.82) is 0 Å². The Morgan fingerprint density at radius 1 is 1.20 bits per heavy atom. The predicted octanol–water partition coefficient (Wildman–Crippen LogP) is 3.64. The molecule has 1 N–H and O–H groups in total. The summed E-state index contributed by atoms with van der Waals surface area (Å²) in [4.78, 5) is 6.36. The number of benzene rings is 1. The van der Waals surface area contributed by atoms with Gasteiger partial charge in [-0.15, -0.1) is 0 Å². The summed E-state index contributed by atoms with van der Waals surface area (Å²) < 4.78 is 11.2. The summed E-state index contributed by atoms with van der Waals surface area (Å²) in [5.74, 6) is 1.57. The van der Waals surface area contributed by atoms with Gasteiger partial charge in [0.05, 0.1) is 19.0 Å². The highest BCUT2D eigenvalue weighted by Gasteiger charge is 2.22. The molecule has 6 heteroatoms. The molecule has 5 nitrogen and oxygen atoms in total. The number of likely N-dealkylation sites (tertiary alicyclic amines) is 1. The van der Waals surface area contributed by atoms with Gasteiger partial charge in [0.15, 0.2) is 5.11 Å². The summed E-state index contributed by atoms with van der Waals surface area (Å²) in [5.41, 5.74) is 2.04. The highest BCUT2D eigenvalue weighted by molar-refractivity contribution is 7.80. The van der Waals surface area contributed by atoms with E-state index < -0.39 is 0 Å². The van der Waals surface area contributed by atoms with E-state index in [1.807, 2.05) is 30.3 Å². The van der Waals surface area contributed by atoms with Gasteiger partial charge >= 0.3 is 0 Å². The molecular weight excluding hydrogens is 334 g/mol. The lowest BCUT2D eigenvalue weighted by atomic mass is 10.1. The molecule has 0 radical (unpaired) electrons. The molecule has 3 rings (SSSR count). The highest BCUT2D eigenvalue weighted by atomic mass is 32.1. The van der Waals surface area contributed by atoms with E-state index in [-0.39, 0.29) is 6.10 Å². The van der Waals surface area contributed by atoms with Crippen LogP contribution in [0.3, 0.4) is 0 Å². The van der Waals surface area contributed by atoms with E-state index in [2.05, 4.69) is 28.2 Å². The lowest BCUT2D eigenvalue weighted by molar-refractivity contribution is 0.131. The van der Waals surface area contributed by atoms with Gasteiger partial charge in [0, 0.05) is 32.0 Å². The number of piperidine rings is 1. The minimum Gasteiger partial charge on any atom is -0.490 e. The topological polar surface area (TPSA) is 46.6 Å². The van der Waals surface area contributed by atoms with Gasteiger partial charge in [0.25, 0.3) is 0 Å². The summed E-state index contributed by atoms with van der Waals surface area (Å²) >= 11 is 5.52. The van der Waals surface area contributed by atoms with Crippen LogP contribution < -0.4 is 14.8 Å². The molecule has 1 aromatic heterocycles. The molecule has 1 aliphatic heterocycles. The van der Waals surface area contributed by atoms with Crippen LogP contribution in [0.1, 0.15) is 18.4 Å². The highest BCUT2D eigenvalue weighted by Crippen LogP contribution is 2.22. The number of hydrogen-bond acceptors (Lipinski definition) is 4. The van der Waals surface area contributed by atoms with Crippen LogP contribution in [-0.2, 0) is 0 Å². The number of para-hydroxylation sites is 1. The molecule has 1 saturated heterocycles. The Balaban J connectivity index is 1.49. The molecule has 2 aromatic rings. The normalized spacial score (nSPS) is 14.9. The van der Waals surface area contributed by atoms with E-state index >= 15 is 0 Å². The molecular formula is C19H23N3O2S. The average molecular weight is 357 g/mol. The number of aryl methyl sites for hydroxylation is 1. The lowest BCUT2D eigenvalue weighted by Gasteiger charge is -2.34. The summed E-state index contributed by atoms with van der Waals surface area (Å²) in [6.07, 6.45) is 3.87. The summed E-state index contributed by atoms with van der Waals surface area (Å²) in [7, 11) is 1.60. The largest absolute Gasteiger partial charge is 0.490 e. The summed E-state index contributed by atoms with van der Waals surface area (Å²) in [6, 6.07) is 11.9. The Morgan fingerprint density at radius 3 is 2.60 bits per heavy atom. The molecule has 1 fully saturated rings. The molecule has 25 heavy (non-hydrogen) atoms. The third kappa shape index (κ3) is 4.60. The van der Waals surface area contributed by atoms with Crippen molar-refractivity contribution in [2.24, 2.45) is 0 Å².